The summed E-state index contributed by atoms with van der Waals surface area (Å²) in [5.41, 5.74) is 0. The van der Waals surface area contributed by atoms with E-state index in [0.717, 1.165) is 154 Å². The molecule has 5 unspecified atom stereocenters. The van der Waals surface area contributed by atoms with Gasteiger partial charge in [0.05, 0.1) is 26.4 Å². The van der Waals surface area contributed by atoms with Crippen molar-refractivity contribution in [3.05, 3.63) is 182 Å². The van der Waals surface area contributed by atoms with E-state index in [9.17, 15) is 43.5 Å². The lowest BCUT2D eigenvalue weighted by atomic mass is 10.0. The Morgan fingerprint density at radius 2 is 0.514 bits per heavy atom. The first kappa shape index (κ1) is 99.7. The maximum atomic E-state index is 13.0. The molecular formula is C87H142O16P2. The van der Waals surface area contributed by atoms with Gasteiger partial charge in [0.25, 0.3) is 0 Å². The number of carbonyl (C=O) groups excluding carboxylic acids is 3. The third-order valence-corrected chi connectivity index (χ3v) is 18.0. The Balaban J connectivity index is 4.68. The van der Waals surface area contributed by atoms with Crippen molar-refractivity contribution in [2.45, 2.75) is 309 Å². The molecule has 0 fully saturated rings. The summed E-state index contributed by atoms with van der Waals surface area (Å²) in [7, 11) is -9.83. The molecule has 0 saturated carbocycles. The number of phosphoric acid groups is 2. The van der Waals surface area contributed by atoms with Crippen LogP contribution in [0, 0.1) is 0 Å². The molecule has 0 spiro atoms. The first-order valence-corrected chi connectivity index (χ1v) is 43.1. The van der Waals surface area contributed by atoms with Crippen LogP contribution >= 0.6 is 15.6 Å². The molecule has 18 heteroatoms. The van der Waals surface area contributed by atoms with Gasteiger partial charge in [-0.05, 0) is 154 Å². The molecule has 5 atom stereocenters. The summed E-state index contributed by atoms with van der Waals surface area (Å²) >= 11 is 0. The fraction of sp³-hybridized carbons (Fsp3) is 0.621. The van der Waals surface area contributed by atoms with Crippen molar-refractivity contribution >= 4 is 33.6 Å². The van der Waals surface area contributed by atoms with Crippen LogP contribution in [0.3, 0.4) is 0 Å². The molecule has 0 heterocycles. The molecule has 0 aliphatic heterocycles. The first-order chi connectivity index (χ1) is 51.2. The highest BCUT2D eigenvalue weighted by molar-refractivity contribution is 7.47. The topological polar surface area (TPSA) is 231 Å². The highest BCUT2D eigenvalue weighted by atomic mass is 31.2. The predicted molar refractivity (Wildman–Crippen MR) is 435 cm³/mol. The van der Waals surface area contributed by atoms with Gasteiger partial charge in [0.15, 0.2) is 6.10 Å². The van der Waals surface area contributed by atoms with Gasteiger partial charge < -0.3 is 34.2 Å². The van der Waals surface area contributed by atoms with E-state index in [1.54, 1.807) is 0 Å². The minimum absolute atomic E-state index is 0.0153. The lowest BCUT2D eigenvalue weighted by Gasteiger charge is -2.21. The molecule has 16 nitrogen and oxygen atoms in total. The van der Waals surface area contributed by atoms with Gasteiger partial charge in [-0.3, -0.25) is 32.5 Å². The zero-order valence-electron chi connectivity index (χ0n) is 65.1. The molecule has 0 aromatic carbocycles. The number of ether oxygens (including phenoxy) is 3. The van der Waals surface area contributed by atoms with Gasteiger partial charge in [-0.1, -0.05) is 299 Å². The van der Waals surface area contributed by atoms with Crippen LogP contribution in [0.4, 0.5) is 0 Å². The molecule has 0 aliphatic rings. The van der Waals surface area contributed by atoms with Crippen LogP contribution in [0.25, 0.3) is 0 Å². The number of hydrogen-bond acceptors (Lipinski definition) is 14. The second-order valence-electron chi connectivity index (χ2n) is 26.1. The lowest BCUT2D eigenvalue weighted by molar-refractivity contribution is -0.161. The average Bonchev–Trinajstić information content (AvgIpc) is 0.919. The van der Waals surface area contributed by atoms with Crippen LogP contribution in [0.5, 0.6) is 0 Å². The Labute approximate surface area is 636 Å². The summed E-state index contributed by atoms with van der Waals surface area (Å²) < 4.78 is 61.1. The highest BCUT2D eigenvalue weighted by Crippen LogP contribution is 2.45. The molecule has 0 amide bonds. The standard InChI is InChI=1S/C87H142O16P2/c1-4-7-10-13-16-19-22-25-28-31-33-35-37-39-40-42-44-45-47-50-52-55-58-61-64-67-70-73-85(90)97-76-82(88)77-99-104(93,94)100-78-83(89)79-101-105(95,96)102-81-84(103-87(92)75-72-69-66-63-60-57-54-49-30-27-24-21-18-15-12-9-6-3)80-98-86(91)74-71-68-65-62-59-56-53-51-48-46-43-41-38-36-34-32-29-26-23-20-17-14-11-8-5-2/h8-9,11-12,16-21,25-30,33-36,39-41,43,48,51,54,57,63,66,82-84,88-89H,4-7,10,13-15,22-24,31-32,37-38,42,44-47,49-50,52-53,55-56,58-62,64-65,67-81H2,1-3H3,(H,93,94)(H,95,96)/b11-8-,12-9-,19-16-,20-17-,21-18-,28-25-,29-26-,30-27-,35-33-,36-34-,40-39-,43-41-,51-48-,57-54-,66-63-. The Morgan fingerprint density at radius 1 is 0.276 bits per heavy atom. The van der Waals surface area contributed by atoms with Crippen LogP contribution in [0.1, 0.15) is 290 Å². The zero-order chi connectivity index (χ0) is 76.6. The fourth-order valence-corrected chi connectivity index (χ4v) is 11.6. The number of phosphoric ester groups is 2. The van der Waals surface area contributed by atoms with Crippen LogP contribution in [0.2, 0.25) is 0 Å². The third kappa shape index (κ3) is 79.5. The number of hydrogen-bond donors (Lipinski definition) is 4. The SMILES string of the molecule is CC/C=C\C/C=C\C/C=C\C/C=C\C/C=C\C/C=C\CCCCCCCCC(=O)OCC(COP(=O)(O)OCC(O)COP(=O)(O)OCC(O)COC(=O)CCCCCCCCCCCCC/C=C\C/C=C\C/C=C\C/C=C\CCCCC)OC(=O)CCC/C=C\C/C=C\C/C=C\C/C=C\C/C=C\CC. The van der Waals surface area contributed by atoms with Gasteiger partial charge >= 0.3 is 33.6 Å². The van der Waals surface area contributed by atoms with Gasteiger partial charge in [0.2, 0.25) is 0 Å². The molecule has 105 heavy (non-hydrogen) atoms. The Hall–Kier alpha value is -5.35. The molecule has 0 aromatic rings. The van der Waals surface area contributed by atoms with E-state index in [0.29, 0.717) is 25.7 Å². The quantitative estimate of drug-likeness (QED) is 0.0146. The van der Waals surface area contributed by atoms with Crippen LogP contribution in [-0.4, -0.2) is 95.9 Å². The van der Waals surface area contributed by atoms with Gasteiger partial charge in [-0.15, -0.1) is 0 Å². The second kappa shape index (κ2) is 78.2. The number of allylic oxidation sites excluding steroid dienone is 30. The largest absolute Gasteiger partial charge is 0.472 e. The summed E-state index contributed by atoms with van der Waals surface area (Å²) in [5.74, 6) is -1.67. The Kier molecular flexibility index (Phi) is 74.3. The van der Waals surface area contributed by atoms with Crippen LogP contribution < -0.4 is 0 Å². The number of carbonyl (C=O) groups is 3. The van der Waals surface area contributed by atoms with E-state index < -0.39 is 91.5 Å². The summed E-state index contributed by atoms with van der Waals surface area (Å²) in [4.78, 5) is 58.7. The van der Waals surface area contributed by atoms with Crippen molar-refractivity contribution in [2.24, 2.45) is 0 Å². The smallest absolute Gasteiger partial charge is 0.463 e. The molecule has 0 aliphatic carbocycles. The molecule has 596 valence electrons. The van der Waals surface area contributed by atoms with Gasteiger partial charge in [-0.25, -0.2) is 9.13 Å². The number of esters is 3. The van der Waals surface area contributed by atoms with Crippen molar-refractivity contribution in [1.82, 2.24) is 0 Å². The highest BCUT2D eigenvalue weighted by Gasteiger charge is 2.29. The summed E-state index contributed by atoms with van der Waals surface area (Å²) in [6.07, 6.45) is 101. The van der Waals surface area contributed by atoms with Crippen molar-refractivity contribution in [3.8, 4) is 0 Å². The third-order valence-electron chi connectivity index (χ3n) is 16.1. The maximum Gasteiger partial charge on any atom is 0.472 e. The van der Waals surface area contributed by atoms with Crippen LogP contribution in [-0.2, 0) is 55.8 Å². The van der Waals surface area contributed by atoms with E-state index >= 15 is 0 Å². The lowest BCUT2D eigenvalue weighted by Crippen LogP contribution is -2.30. The molecule has 0 bridgehead atoms. The van der Waals surface area contributed by atoms with Gasteiger partial charge in [-0.2, -0.15) is 0 Å². The van der Waals surface area contributed by atoms with Crippen molar-refractivity contribution in [3.63, 3.8) is 0 Å². The monoisotopic (exact) mass is 1500 g/mol. The van der Waals surface area contributed by atoms with Crippen molar-refractivity contribution in [1.29, 1.82) is 0 Å². The average molecular weight is 1510 g/mol. The van der Waals surface area contributed by atoms with E-state index in [-0.39, 0.29) is 19.3 Å². The van der Waals surface area contributed by atoms with Gasteiger partial charge in [0, 0.05) is 19.3 Å². The van der Waals surface area contributed by atoms with Crippen LogP contribution in [0.15, 0.2) is 182 Å². The fourth-order valence-electron chi connectivity index (χ4n) is 10.1. The molecule has 0 rings (SSSR count). The number of rotatable bonds is 74. The van der Waals surface area contributed by atoms with E-state index in [1.807, 2.05) is 12.2 Å². The molecule has 0 aromatic heterocycles. The molecule has 0 radical (unpaired) electrons. The number of aliphatic hydroxyl groups excluding tert-OH is 2. The maximum absolute atomic E-state index is 13.0. The first-order valence-electron chi connectivity index (χ1n) is 40.1. The minimum Gasteiger partial charge on any atom is -0.463 e. The van der Waals surface area contributed by atoms with E-state index in [1.165, 1.54) is 70.6 Å². The minimum atomic E-state index is -4.96. The summed E-state index contributed by atoms with van der Waals surface area (Å²) in [5, 5.41) is 20.6. The molecule has 0 saturated heterocycles. The van der Waals surface area contributed by atoms with E-state index in [4.69, 9.17) is 32.3 Å². The zero-order valence-corrected chi connectivity index (χ0v) is 66.9. The number of aliphatic hydroxyl groups is 2. The Morgan fingerprint density at radius 3 is 0.829 bits per heavy atom. The number of unbranched alkanes of at least 4 members (excludes halogenated alkanes) is 21. The summed E-state index contributed by atoms with van der Waals surface area (Å²) in [6, 6.07) is 0. The van der Waals surface area contributed by atoms with Gasteiger partial charge in [0.1, 0.15) is 25.4 Å². The molecule has 4 N–H and O–H groups in total. The molecular weight excluding hydrogens is 1360 g/mol. The van der Waals surface area contributed by atoms with Crippen molar-refractivity contribution in [2.75, 3.05) is 39.6 Å². The van der Waals surface area contributed by atoms with E-state index in [2.05, 4.69) is 191 Å². The second-order valence-corrected chi connectivity index (χ2v) is 29.0. The normalized spacial score (nSPS) is 14.9. The summed E-state index contributed by atoms with van der Waals surface area (Å²) in [6.45, 7) is 2.32. The van der Waals surface area contributed by atoms with Crippen molar-refractivity contribution < 1.29 is 75.8 Å². The Bertz CT molecular complexity index is 2640. The predicted octanol–water partition coefficient (Wildman–Crippen LogP) is 23.8.